The third-order valence-electron chi connectivity index (χ3n) is 5.43. The molecule has 0 spiro atoms. The predicted octanol–water partition coefficient (Wildman–Crippen LogP) is 2.97. The van der Waals surface area contributed by atoms with Crippen LogP contribution in [0.1, 0.15) is 38.8 Å². The summed E-state index contributed by atoms with van der Waals surface area (Å²) >= 11 is 1.53. The number of hydrogen-bond donors (Lipinski definition) is 4. The van der Waals surface area contributed by atoms with E-state index in [1.54, 1.807) is 6.20 Å². The Morgan fingerprint density at radius 2 is 2.00 bits per heavy atom. The van der Waals surface area contributed by atoms with Crippen molar-refractivity contribution in [3.05, 3.63) is 18.0 Å². The zero-order valence-corrected chi connectivity index (χ0v) is 17.0. The molecule has 0 radical (unpaired) electrons. The van der Waals surface area contributed by atoms with Crippen molar-refractivity contribution in [3.8, 4) is 10.6 Å². The molecule has 1 saturated carbocycles. The maximum absolute atomic E-state index is 10.3. The second-order valence-electron chi connectivity index (χ2n) is 7.96. The highest BCUT2D eigenvalue weighted by atomic mass is 32.1. The monoisotopic (exact) mass is 399 g/mol. The zero-order chi connectivity index (χ0) is 20.1. The SMILES string of the molecule is Cc1nc(N)nc(NC2CCC(C(C)(C)O)C2)c1-c1nc2c(N)nccc2s1. The van der Waals surface area contributed by atoms with Crippen molar-refractivity contribution in [3.63, 3.8) is 0 Å². The average Bonchev–Trinajstić information content (AvgIpc) is 3.21. The first kappa shape index (κ1) is 18.8. The average molecular weight is 400 g/mol. The van der Waals surface area contributed by atoms with Crippen LogP contribution in [0.25, 0.3) is 20.8 Å². The van der Waals surface area contributed by atoms with Crippen LogP contribution in [0, 0.1) is 12.8 Å². The number of anilines is 3. The molecule has 4 rings (SSSR count). The second kappa shape index (κ2) is 6.82. The molecule has 148 valence electrons. The molecule has 0 bridgehead atoms. The fraction of sp³-hybridized carbons (Fsp3) is 0.474. The molecule has 0 aromatic carbocycles. The summed E-state index contributed by atoms with van der Waals surface area (Å²) in [5.74, 6) is 1.56. The number of hydrogen-bond acceptors (Lipinski definition) is 9. The first-order chi connectivity index (χ1) is 13.2. The van der Waals surface area contributed by atoms with Gasteiger partial charge in [0.2, 0.25) is 5.95 Å². The smallest absolute Gasteiger partial charge is 0.222 e. The number of nitrogen functional groups attached to an aromatic ring is 2. The van der Waals surface area contributed by atoms with Crippen molar-refractivity contribution < 1.29 is 5.11 Å². The van der Waals surface area contributed by atoms with E-state index in [1.807, 2.05) is 26.8 Å². The van der Waals surface area contributed by atoms with Crippen molar-refractivity contribution in [2.45, 2.75) is 51.7 Å². The minimum atomic E-state index is -0.683. The van der Waals surface area contributed by atoms with E-state index < -0.39 is 5.60 Å². The highest BCUT2D eigenvalue weighted by Gasteiger charge is 2.35. The third kappa shape index (κ3) is 3.47. The van der Waals surface area contributed by atoms with Gasteiger partial charge in [-0.2, -0.15) is 4.98 Å². The minimum absolute atomic E-state index is 0.213. The lowest BCUT2D eigenvalue weighted by molar-refractivity contribution is 0.0197. The molecule has 2 unspecified atom stereocenters. The van der Waals surface area contributed by atoms with E-state index in [4.69, 9.17) is 16.5 Å². The Hall–Kier alpha value is -2.52. The number of rotatable bonds is 4. The topological polar surface area (TPSA) is 136 Å². The Morgan fingerprint density at radius 3 is 2.68 bits per heavy atom. The van der Waals surface area contributed by atoms with Crippen LogP contribution in [0.15, 0.2) is 12.3 Å². The Morgan fingerprint density at radius 1 is 1.21 bits per heavy atom. The highest BCUT2D eigenvalue weighted by Crippen LogP contribution is 2.39. The first-order valence-corrected chi connectivity index (χ1v) is 10.2. The van der Waals surface area contributed by atoms with E-state index in [0.717, 1.165) is 40.2 Å². The zero-order valence-electron chi connectivity index (χ0n) is 16.2. The summed E-state index contributed by atoms with van der Waals surface area (Å²) < 4.78 is 0.965. The van der Waals surface area contributed by atoms with Crippen molar-refractivity contribution in [1.29, 1.82) is 0 Å². The number of aryl methyl sites for hydroxylation is 1. The molecule has 0 aliphatic heterocycles. The summed E-state index contributed by atoms with van der Waals surface area (Å²) in [5, 5.41) is 14.6. The minimum Gasteiger partial charge on any atom is -0.390 e. The van der Waals surface area contributed by atoms with Gasteiger partial charge in [0.1, 0.15) is 16.3 Å². The van der Waals surface area contributed by atoms with E-state index in [9.17, 15) is 5.11 Å². The van der Waals surface area contributed by atoms with E-state index >= 15 is 0 Å². The van der Waals surface area contributed by atoms with Crippen LogP contribution in [0.2, 0.25) is 0 Å². The maximum Gasteiger partial charge on any atom is 0.222 e. The van der Waals surface area contributed by atoms with Gasteiger partial charge in [0.05, 0.1) is 21.6 Å². The molecular formula is C19H25N7OS. The second-order valence-corrected chi connectivity index (χ2v) is 8.99. The van der Waals surface area contributed by atoms with Crippen LogP contribution in [0.5, 0.6) is 0 Å². The fourth-order valence-corrected chi connectivity index (χ4v) is 4.95. The molecule has 0 amide bonds. The lowest BCUT2D eigenvalue weighted by Crippen LogP contribution is -2.30. The number of pyridine rings is 1. The lowest BCUT2D eigenvalue weighted by Gasteiger charge is -2.25. The summed E-state index contributed by atoms with van der Waals surface area (Å²) in [6.07, 6.45) is 4.50. The van der Waals surface area contributed by atoms with E-state index in [-0.39, 0.29) is 17.9 Å². The molecule has 0 saturated heterocycles. The summed E-state index contributed by atoms with van der Waals surface area (Å²) in [7, 11) is 0. The van der Waals surface area contributed by atoms with Gasteiger partial charge in [-0.25, -0.2) is 15.0 Å². The van der Waals surface area contributed by atoms with Crippen LogP contribution in [-0.4, -0.2) is 36.7 Å². The maximum atomic E-state index is 10.3. The molecule has 2 atom stereocenters. The molecule has 28 heavy (non-hydrogen) atoms. The molecule has 1 aliphatic rings. The Balaban J connectivity index is 1.71. The lowest BCUT2D eigenvalue weighted by atomic mass is 9.89. The number of aromatic nitrogens is 4. The van der Waals surface area contributed by atoms with Crippen molar-refractivity contribution in [2.75, 3.05) is 16.8 Å². The summed E-state index contributed by atoms with van der Waals surface area (Å²) in [6, 6.07) is 2.11. The van der Waals surface area contributed by atoms with Crippen LogP contribution in [0.4, 0.5) is 17.6 Å². The first-order valence-electron chi connectivity index (χ1n) is 9.37. The Bertz CT molecular complexity index is 1030. The quantitative estimate of drug-likeness (QED) is 0.526. The van der Waals surface area contributed by atoms with Crippen LogP contribution >= 0.6 is 11.3 Å². The largest absolute Gasteiger partial charge is 0.390 e. The van der Waals surface area contributed by atoms with Crippen LogP contribution in [0.3, 0.4) is 0 Å². The van der Waals surface area contributed by atoms with Gasteiger partial charge in [-0.05, 0) is 52.0 Å². The Labute approximate surface area is 167 Å². The van der Waals surface area contributed by atoms with Crippen molar-refractivity contribution >= 4 is 39.1 Å². The summed E-state index contributed by atoms with van der Waals surface area (Å²) in [5.41, 5.74) is 13.5. The van der Waals surface area contributed by atoms with Crippen molar-refractivity contribution in [2.24, 2.45) is 5.92 Å². The van der Waals surface area contributed by atoms with Gasteiger partial charge in [-0.3, -0.25) is 0 Å². The third-order valence-corrected chi connectivity index (χ3v) is 6.47. The van der Waals surface area contributed by atoms with Gasteiger partial charge < -0.3 is 21.9 Å². The molecule has 1 fully saturated rings. The Kier molecular flexibility index (Phi) is 4.59. The predicted molar refractivity (Wildman–Crippen MR) is 113 cm³/mol. The van der Waals surface area contributed by atoms with Gasteiger partial charge in [0, 0.05) is 12.2 Å². The molecular weight excluding hydrogens is 374 g/mol. The van der Waals surface area contributed by atoms with Gasteiger partial charge in [0.15, 0.2) is 5.82 Å². The van der Waals surface area contributed by atoms with E-state index in [2.05, 4.69) is 20.3 Å². The molecule has 3 heterocycles. The van der Waals surface area contributed by atoms with Gasteiger partial charge >= 0.3 is 0 Å². The number of fused-ring (bicyclic) bond motifs is 1. The van der Waals surface area contributed by atoms with E-state index in [1.165, 1.54) is 11.3 Å². The highest BCUT2D eigenvalue weighted by molar-refractivity contribution is 7.21. The molecule has 3 aromatic heterocycles. The van der Waals surface area contributed by atoms with Crippen LogP contribution in [-0.2, 0) is 0 Å². The van der Waals surface area contributed by atoms with Crippen LogP contribution < -0.4 is 16.8 Å². The summed E-state index contributed by atoms with van der Waals surface area (Å²) in [4.78, 5) is 17.6. The normalized spacial score (nSPS) is 20.0. The van der Waals surface area contributed by atoms with E-state index in [0.29, 0.717) is 17.2 Å². The number of nitrogens with zero attached hydrogens (tertiary/aromatic N) is 4. The van der Waals surface area contributed by atoms with Gasteiger partial charge in [-0.1, -0.05) is 0 Å². The molecule has 9 heteroatoms. The number of aliphatic hydroxyl groups is 1. The number of thiazole rings is 1. The number of nitrogens with one attached hydrogen (secondary N) is 1. The molecule has 6 N–H and O–H groups in total. The van der Waals surface area contributed by atoms with Gasteiger partial charge in [0.25, 0.3) is 0 Å². The van der Waals surface area contributed by atoms with Crippen molar-refractivity contribution in [1.82, 2.24) is 19.9 Å². The molecule has 3 aromatic rings. The van der Waals surface area contributed by atoms with Gasteiger partial charge in [-0.15, -0.1) is 11.3 Å². The molecule has 8 nitrogen and oxygen atoms in total. The summed E-state index contributed by atoms with van der Waals surface area (Å²) in [6.45, 7) is 5.65. The fourth-order valence-electron chi connectivity index (χ4n) is 3.88. The molecule has 1 aliphatic carbocycles. The number of nitrogens with two attached hydrogens (primary N) is 2. The standard InChI is InChI=1S/C19H25N7OS/c1-9-13(17-25-14-12(28-17)6-7-22-15(14)20)16(26-18(21)23-9)24-11-5-4-10(8-11)19(2,3)27/h6-7,10-11,27H,4-5,8H2,1-3H3,(H2,20,22)(H3,21,23,24,26).